The summed E-state index contributed by atoms with van der Waals surface area (Å²) in [6.07, 6.45) is 1.07. The summed E-state index contributed by atoms with van der Waals surface area (Å²) in [6, 6.07) is 18.0. The van der Waals surface area contributed by atoms with Gasteiger partial charge in [0.15, 0.2) is 0 Å². The molecule has 0 spiro atoms. The van der Waals surface area contributed by atoms with Gasteiger partial charge in [-0.1, -0.05) is 42.5 Å². The van der Waals surface area contributed by atoms with Crippen molar-refractivity contribution < 1.29 is 9.90 Å². The molecule has 4 heteroatoms. The minimum absolute atomic E-state index is 0.329. The second-order valence-electron chi connectivity index (χ2n) is 6.22. The van der Waals surface area contributed by atoms with E-state index in [0.717, 1.165) is 31.6 Å². The molecule has 0 aromatic heterocycles. The fourth-order valence-electron chi connectivity index (χ4n) is 2.56. The van der Waals surface area contributed by atoms with Crippen molar-refractivity contribution in [3.05, 3.63) is 71.3 Å². The van der Waals surface area contributed by atoms with Crippen LogP contribution >= 0.6 is 0 Å². The number of rotatable bonds is 9. The van der Waals surface area contributed by atoms with E-state index < -0.39 is 5.97 Å². The third kappa shape index (κ3) is 5.80. The fraction of sp³-hybridized carbons (Fsp3) is 0.350. The van der Waals surface area contributed by atoms with Crippen LogP contribution in [0.25, 0.3) is 0 Å². The van der Waals surface area contributed by atoms with Crippen LogP contribution in [0.2, 0.25) is 0 Å². The van der Waals surface area contributed by atoms with Crippen LogP contribution in [0, 0.1) is 0 Å². The Hall–Kier alpha value is -2.17. The summed E-state index contributed by atoms with van der Waals surface area (Å²) in [5.41, 5.74) is 2.76. The molecular formula is C20H26N2O2. The molecule has 4 nitrogen and oxygen atoms in total. The Labute approximate surface area is 144 Å². The topological polar surface area (TPSA) is 52.6 Å². The van der Waals surface area contributed by atoms with Gasteiger partial charge in [-0.05, 0) is 50.2 Å². The van der Waals surface area contributed by atoms with Crippen LogP contribution in [0.3, 0.4) is 0 Å². The van der Waals surface area contributed by atoms with Crippen LogP contribution in [-0.2, 0) is 13.1 Å². The Morgan fingerprint density at radius 3 is 2.38 bits per heavy atom. The molecule has 1 atom stereocenters. The molecule has 0 heterocycles. The van der Waals surface area contributed by atoms with E-state index in [2.05, 4.69) is 48.5 Å². The zero-order valence-corrected chi connectivity index (χ0v) is 14.4. The monoisotopic (exact) mass is 326 g/mol. The predicted molar refractivity (Wildman–Crippen MR) is 97.1 cm³/mol. The van der Waals surface area contributed by atoms with Gasteiger partial charge in [-0.3, -0.25) is 4.90 Å². The molecular weight excluding hydrogens is 300 g/mol. The first-order chi connectivity index (χ1) is 11.6. The molecule has 0 radical (unpaired) electrons. The number of hydrogen-bond donors (Lipinski definition) is 2. The van der Waals surface area contributed by atoms with Gasteiger partial charge in [-0.2, -0.15) is 0 Å². The standard InChI is InChI=1S/C20H26N2O2/c1-16(22(2)15-18-6-4-3-5-7-18)12-13-21-14-17-8-10-19(11-9-17)20(23)24/h3-11,16,21H,12-15H2,1-2H3,(H,23,24). The quantitative estimate of drug-likeness (QED) is 0.694. The lowest BCUT2D eigenvalue weighted by Gasteiger charge is -2.25. The summed E-state index contributed by atoms with van der Waals surface area (Å²) in [6.45, 7) is 4.89. The van der Waals surface area contributed by atoms with Crippen molar-refractivity contribution in [2.45, 2.75) is 32.5 Å². The third-order valence-corrected chi connectivity index (χ3v) is 4.30. The van der Waals surface area contributed by atoms with Gasteiger partial charge < -0.3 is 10.4 Å². The molecule has 24 heavy (non-hydrogen) atoms. The van der Waals surface area contributed by atoms with Crippen LogP contribution in [0.5, 0.6) is 0 Å². The molecule has 2 aromatic rings. The average molecular weight is 326 g/mol. The van der Waals surface area contributed by atoms with Gasteiger partial charge in [0.05, 0.1) is 5.56 Å². The lowest BCUT2D eigenvalue weighted by Crippen LogP contribution is -2.31. The van der Waals surface area contributed by atoms with Crippen molar-refractivity contribution in [2.24, 2.45) is 0 Å². The number of benzene rings is 2. The molecule has 0 saturated carbocycles. The van der Waals surface area contributed by atoms with Crippen molar-refractivity contribution >= 4 is 5.97 Å². The molecule has 0 bridgehead atoms. The summed E-state index contributed by atoms with van der Waals surface area (Å²) >= 11 is 0. The third-order valence-electron chi connectivity index (χ3n) is 4.30. The van der Waals surface area contributed by atoms with Gasteiger partial charge in [0.1, 0.15) is 0 Å². The van der Waals surface area contributed by atoms with Crippen molar-refractivity contribution in [1.29, 1.82) is 0 Å². The van der Waals surface area contributed by atoms with Gasteiger partial charge in [0.2, 0.25) is 0 Å². The van der Waals surface area contributed by atoms with Gasteiger partial charge in [-0.25, -0.2) is 4.79 Å². The number of nitrogens with zero attached hydrogens (tertiary/aromatic N) is 1. The van der Waals surface area contributed by atoms with Gasteiger partial charge in [0, 0.05) is 19.1 Å². The first-order valence-electron chi connectivity index (χ1n) is 8.33. The Kier molecular flexibility index (Phi) is 6.97. The zero-order valence-electron chi connectivity index (χ0n) is 14.4. The number of carbonyl (C=O) groups is 1. The maximum atomic E-state index is 10.8. The highest BCUT2D eigenvalue weighted by atomic mass is 16.4. The van der Waals surface area contributed by atoms with E-state index in [4.69, 9.17) is 5.11 Å². The normalized spacial score (nSPS) is 12.3. The molecule has 2 N–H and O–H groups in total. The maximum absolute atomic E-state index is 10.8. The highest BCUT2D eigenvalue weighted by Gasteiger charge is 2.09. The van der Waals surface area contributed by atoms with Crippen LogP contribution in [0.4, 0.5) is 0 Å². The first kappa shape index (κ1) is 18.2. The van der Waals surface area contributed by atoms with E-state index in [1.54, 1.807) is 12.1 Å². The van der Waals surface area contributed by atoms with Gasteiger partial charge in [0.25, 0.3) is 0 Å². The van der Waals surface area contributed by atoms with Crippen LogP contribution in [0.15, 0.2) is 54.6 Å². The summed E-state index contributed by atoms with van der Waals surface area (Å²) in [4.78, 5) is 13.2. The first-order valence-corrected chi connectivity index (χ1v) is 8.33. The van der Waals surface area contributed by atoms with Crippen molar-refractivity contribution in [1.82, 2.24) is 10.2 Å². The van der Waals surface area contributed by atoms with E-state index in [1.807, 2.05) is 18.2 Å². The zero-order chi connectivity index (χ0) is 17.4. The fourth-order valence-corrected chi connectivity index (χ4v) is 2.56. The van der Waals surface area contributed by atoms with E-state index >= 15 is 0 Å². The molecule has 2 rings (SSSR count). The van der Waals surface area contributed by atoms with E-state index in [9.17, 15) is 4.79 Å². The Morgan fingerprint density at radius 1 is 1.08 bits per heavy atom. The summed E-state index contributed by atoms with van der Waals surface area (Å²) in [5, 5.41) is 12.3. The number of carboxylic acids is 1. The lowest BCUT2D eigenvalue weighted by atomic mass is 10.1. The molecule has 0 amide bonds. The van der Waals surface area contributed by atoms with Crippen molar-refractivity contribution in [2.75, 3.05) is 13.6 Å². The van der Waals surface area contributed by atoms with Crippen LogP contribution in [0.1, 0.15) is 34.8 Å². The molecule has 0 aliphatic rings. The number of carboxylic acid groups (broad SMARTS) is 1. The highest BCUT2D eigenvalue weighted by molar-refractivity contribution is 5.87. The maximum Gasteiger partial charge on any atom is 0.335 e. The van der Waals surface area contributed by atoms with E-state index in [1.165, 1.54) is 5.56 Å². The van der Waals surface area contributed by atoms with Crippen LogP contribution < -0.4 is 5.32 Å². The average Bonchev–Trinajstić information content (AvgIpc) is 2.59. The summed E-state index contributed by atoms with van der Waals surface area (Å²) in [5.74, 6) is -0.884. The van der Waals surface area contributed by atoms with Gasteiger partial charge >= 0.3 is 5.97 Å². The minimum atomic E-state index is -0.884. The summed E-state index contributed by atoms with van der Waals surface area (Å²) in [7, 11) is 2.16. The Bertz CT molecular complexity index is 626. The Morgan fingerprint density at radius 2 is 1.75 bits per heavy atom. The SMILES string of the molecule is CC(CCNCc1ccc(C(=O)O)cc1)N(C)Cc1ccccc1. The largest absolute Gasteiger partial charge is 0.478 e. The second-order valence-corrected chi connectivity index (χ2v) is 6.22. The predicted octanol–water partition coefficient (Wildman–Crippen LogP) is 3.39. The molecule has 1 unspecified atom stereocenters. The second kappa shape index (κ2) is 9.21. The Balaban J connectivity index is 1.68. The summed E-state index contributed by atoms with van der Waals surface area (Å²) < 4.78 is 0. The number of hydrogen-bond acceptors (Lipinski definition) is 3. The van der Waals surface area contributed by atoms with Crippen molar-refractivity contribution in [3.8, 4) is 0 Å². The highest BCUT2D eigenvalue weighted by Crippen LogP contribution is 2.08. The molecule has 0 aliphatic heterocycles. The number of nitrogens with one attached hydrogen (secondary N) is 1. The van der Waals surface area contributed by atoms with E-state index in [-0.39, 0.29) is 0 Å². The van der Waals surface area contributed by atoms with E-state index in [0.29, 0.717) is 11.6 Å². The minimum Gasteiger partial charge on any atom is -0.478 e. The number of aromatic carboxylic acids is 1. The molecule has 128 valence electrons. The van der Waals surface area contributed by atoms with Gasteiger partial charge in [-0.15, -0.1) is 0 Å². The lowest BCUT2D eigenvalue weighted by molar-refractivity contribution is 0.0697. The molecule has 0 aliphatic carbocycles. The van der Waals surface area contributed by atoms with Crippen LogP contribution in [-0.4, -0.2) is 35.6 Å². The molecule has 0 saturated heterocycles. The molecule has 0 fully saturated rings. The molecule has 2 aromatic carbocycles. The van der Waals surface area contributed by atoms with Crippen molar-refractivity contribution in [3.63, 3.8) is 0 Å². The smallest absolute Gasteiger partial charge is 0.335 e.